The van der Waals surface area contributed by atoms with E-state index in [2.05, 4.69) is 15.5 Å². The third kappa shape index (κ3) is 3.15. The summed E-state index contributed by atoms with van der Waals surface area (Å²) >= 11 is 0. The number of nitrogens with one attached hydrogen (secondary N) is 2. The van der Waals surface area contributed by atoms with Crippen LogP contribution in [-0.2, 0) is 6.54 Å². The van der Waals surface area contributed by atoms with Gasteiger partial charge in [0.05, 0.1) is 5.69 Å². The Morgan fingerprint density at radius 2 is 1.77 bits per heavy atom. The zero-order chi connectivity index (χ0) is 15.4. The molecule has 1 amide bonds. The SMILES string of the molecule is O=C(NCc1ccc(O)cc1)c1ccc(-c2ccn[nH]2)cc1. The maximum Gasteiger partial charge on any atom is 0.251 e. The lowest BCUT2D eigenvalue weighted by atomic mass is 10.1. The Kier molecular flexibility index (Phi) is 3.87. The molecule has 1 aromatic heterocycles. The Bertz CT molecular complexity index is 748. The van der Waals surface area contributed by atoms with E-state index >= 15 is 0 Å². The van der Waals surface area contributed by atoms with E-state index in [-0.39, 0.29) is 11.7 Å². The summed E-state index contributed by atoms with van der Waals surface area (Å²) in [7, 11) is 0. The summed E-state index contributed by atoms with van der Waals surface area (Å²) in [4.78, 5) is 12.1. The maximum atomic E-state index is 12.1. The Balaban J connectivity index is 1.63. The number of amides is 1. The van der Waals surface area contributed by atoms with Gasteiger partial charge in [0.2, 0.25) is 0 Å². The molecule has 3 N–H and O–H groups in total. The van der Waals surface area contributed by atoms with Crippen LogP contribution in [0.25, 0.3) is 11.3 Å². The van der Waals surface area contributed by atoms with E-state index in [1.807, 2.05) is 18.2 Å². The molecular weight excluding hydrogens is 278 g/mol. The first-order valence-corrected chi connectivity index (χ1v) is 6.88. The molecule has 0 aliphatic carbocycles. The fourth-order valence-corrected chi connectivity index (χ4v) is 2.12. The smallest absolute Gasteiger partial charge is 0.251 e. The average Bonchev–Trinajstić information content (AvgIpc) is 3.09. The summed E-state index contributed by atoms with van der Waals surface area (Å²) in [6.45, 7) is 0.418. The van der Waals surface area contributed by atoms with Gasteiger partial charge in [-0.15, -0.1) is 0 Å². The van der Waals surface area contributed by atoms with E-state index in [0.29, 0.717) is 12.1 Å². The molecule has 110 valence electrons. The molecule has 2 aromatic carbocycles. The normalized spacial score (nSPS) is 10.4. The first-order valence-electron chi connectivity index (χ1n) is 6.88. The first-order chi connectivity index (χ1) is 10.7. The van der Waals surface area contributed by atoms with Crippen molar-refractivity contribution >= 4 is 5.91 Å². The van der Waals surface area contributed by atoms with Gasteiger partial charge in [-0.2, -0.15) is 5.10 Å². The molecule has 0 spiro atoms. The van der Waals surface area contributed by atoms with Crippen molar-refractivity contribution in [3.63, 3.8) is 0 Å². The average molecular weight is 293 g/mol. The van der Waals surface area contributed by atoms with E-state index in [9.17, 15) is 9.90 Å². The van der Waals surface area contributed by atoms with E-state index in [4.69, 9.17) is 0 Å². The number of hydrogen-bond donors (Lipinski definition) is 3. The number of rotatable bonds is 4. The molecule has 0 saturated heterocycles. The third-order valence-electron chi connectivity index (χ3n) is 3.35. The minimum Gasteiger partial charge on any atom is -0.508 e. The van der Waals surface area contributed by atoms with Gasteiger partial charge in [-0.3, -0.25) is 9.89 Å². The minimum atomic E-state index is -0.135. The number of benzene rings is 2. The van der Waals surface area contributed by atoms with Crippen LogP contribution in [0.5, 0.6) is 5.75 Å². The van der Waals surface area contributed by atoms with Crippen molar-refractivity contribution in [3.8, 4) is 17.0 Å². The summed E-state index contributed by atoms with van der Waals surface area (Å²) in [5.41, 5.74) is 3.42. The van der Waals surface area contributed by atoms with Gasteiger partial charge in [0.15, 0.2) is 0 Å². The number of aromatic nitrogens is 2. The monoisotopic (exact) mass is 293 g/mol. The van der Waals surface area contributed by atoms with Crippen molar-refractivity contribution in [1.82, 2.24) is 15.5 Å². The standard InChI is InChI=1S/C17H15N3O2/c21-15-7-1-12(2-8-15)11-18-17(22)14-5-3-13(4-6-14)16-9-10-19-20-16/h1-10,21H,11H2,(H,18,22)(H,19,20). The topological polar surface area (TPSA) is 78.0 Å². The van der Waals surface area contributed by atoms with Gasteiger partial charge >= 0.3 is 0 Å². The van der Waals surface area contributed by atoms with Crippen LogP contribution in [0.15, 0.2) is 60.8 Å². The van der Waals surface area contributed by atoms with Crippen molar-refractivity contribution in [2.24, 2.45) is 0 Å². The van der Waals surface area contributed by atoms with E-state index < -0.39 is 0 Å². The highest BCUT2D eigenvalue weighted by Crippen LogP contribution is 2.16. The largest absolute Gasteiger partial charge is 0.508 e. The highest BCUT2D eigenvalue weighted by atomic mass is 16.3. The number of aromatic hydroxyl groups is 1. The van der Waals surface area contributed by atoms with Crippen LogP contribution in [0.4, 0.5) is 0 Å². The lowest BCUT2D eigenvalue weighted by Crippen LogP contribution is -2.22. The number of carbonyl (C=O) groups is 1. The molecule has 0 aliphatic heterocycles. The van der Waals surface area contributed by atoms with Gasteiger partial charge in [-0.1, -0.05) is 24.3 Å². The van der Waals surface area contributed by atoms with Gasteiger partial charge in [0.25, 0.3) is 5.91 Å². The summed E-state index contributed by atoms with van der Waals surface area (Å²) in [5.74, 6) is 0.0775. The molecule has 3 rings (SSSR count). The molecule has 0 radical (unpaired) electrons. The molecule has 0 saturated carbocycles. The zero-order valence-corrected chi connectivity index (χ0v) is 11.8. The Labute approximate surface area is 127 Å². The van der Waals surface area contributed by atoms with E-state index in [0.717, 1.165) is 16.8 Å². The Hall–Kier alpha value is -3.08. The van der Waals surface area contributed by atoms with Gasteiger partial charge in [-0.05, 0) is 41.5 Å². The summed E-state index contributed by atoms with van der Waals surface area (Å²) in [6, 6.07) is 15.9. The Morgan fingerprint density at radius 3 is 2.41 bits per heavy atom. The number of phenolic OH excluding ortho intramolecular Hbond substituents is 1. The summed E-state index contributed by atoms with van der Waals surface area (Å²) < 4.78 is 0. The van der Waals surface area contributed by atoms with Crippen LogP contribution in [0.1, 0.15) is 15.9 Å². The second kappa shape index (κ2) is 6.13. The van der Waals surface area contributed by atoms with Gasteiger partial charge in [0.1, 0.15) is 5.75 Å². The highest BCUT2D eigenvalue weighted by Gasteiger charge is 2.06. The number of hydrogen-bond acceptors (Lipinski definition) is 3. The molecular formula is C17H15N3O2. The van der Waals surface area contributed by atoms with Crippen LogP contribution in [0.3, 0.4) is 0 Å². The van der Waals surface area contributed by atoms with Crippen LogP contribution in [0, 0.1) is 0 Å². The number of aromatic amines is 1. The van der Waals surface area contributed by atoms with Crippen LogP contribution < -0.4 is 5.32 Å². The maximum absolute atomic E-state index is 12.1. The second-order valence-electron chi connectivity index (χ2n) is 4.90. The van der Waals surface area contributed by atoms with E-state index in [1.54, 1.807) is 42.6 Å². The molecule has 3 aromatic rings. The quantitative estimate of drug-likeness (QED) is 0.692. The fourth-order valence-electron chi connectivity index (χ4n) is 2.12. The molecule has 0 aliphatic rings. The van der Waals surface area contributed by atoms with Crippen LogP contribution in [0.2, 0.25) is 0 Å². The van der Waals surface area contributed by atoms with Gasteiger partial charge < -0.3 is 10.4 Å². The molecule has 22 heavy (non-hydrogen) atoms. The molecule has 0 unspecified atom stereocenters. The number of H-pyrrole nitrogens is 1. The first kappa shape index (κ1) is 13.9. The summed E-state index contributed by atoms with van der Waals surface area (Å²) in [5, 5.41) is 18.9. The lowest BCUT2D eigenvalue weighted by Gasteiger charge is -2.06. The number of phenols is 1. The minimum absolute atomic E-state index is 0.135. The molecule has 0 atom stereocenters. The molecule has 0 fully saturated rings. The fraction of sp³-hybridized carbons (Fsp3) is 0.0588. The highest BCUT2D eigenvalue weighted by molar-refractivity contribution is 5.94. The number of nitrogens with zero attached hydrogens (tertiary/aromatic N) is 1. The Morgan fingerprint density at radius 1 is 1.05 bits per heavy atom. The number of carbonyl (C=O) groups excluding carboxylic acids is 1. The van der Waals surface area contributed by atoms with Gasteiger partial charge in [-0.25, -0.2) is 0 Å². The third-order valence-corrected chi connectivity index (χ3v) is 3.35. The molecule has 1 heterocycles. The molecule has 0 bridgehead atoms. The zero-order valence-electron chi connectivity index (χ0n) is 11.8. The van der Waals surface area contributed by atoms with Crippen LogP contribution in [-0.4, -0.2) is 21.2 Å². The summed E-state index contributed by atoms with van der Waals surface area (Å²) in [6.07, 6.45) is 1.69. The van der Waals surface area contributed by atoms with Crippen molar-refractivity contribution in [1.29, 1.82) is 0 Å². The van der Waals surface area contributed by atoms with Gasteiger partial charge in [0, 0.05) is 18.3 Å². The van der Waals surface area contributed by atoms with Crippen LogP contribution >= 0.6 is 0 Å². The van der Waals surface area contributed by atoms with Crippen molar-refractivity contribution in [2.75, 3.05) is 0 Å². The van der Waals surface area contributed by atoms with Crippen molar-refractivity contribution in [3.05, 3.63) is 71.9 Å². The van der Waals surface area contributed by atoms with Crippen molar-refractivity contribution in [2.45, 2.75) is 6.54 Å². The van der Waals surface area contributed by atoms with E-state index in [1.165, 1.54) is 0 Å². The molecule has 5 heteroatoms. The predicted molar refractivity (Wildman–Crippen MR) is 83.3 cm³/mol. The van der Waals surface area contributed by atoms with Crippen molar-refractivity contribution < 1.29 is 9.90 Å². The lowest BCUT2D eigenvalue weighted by molar-refractivity contribution is 0.0951. The second-order valence-corrected chi connectivity index (χ2v) is 4.90. The molecule has 5 nitrogen and oxygen atoms in total. The predicted octanol–water partition coefficient (Wildman–Crippen LogP) is 2.71.